The van der Waals surface area contributed by atoms with Gasteiger partial charge in [0.1, 0.15) is 0 Å². The number of aromatic amines is 1. The molecular formula is C12H14N4O2. The van der Waals surface area contributed by atoms with Gasteiger partial charge in [-0.2, -0.15) is 5.10 Å². The summed E-state index contributed by atoms with van der Waals surface area (Å²) in [4.78, 5) is 25.3. The van der Waals surface area contributed by atoms with Crippen LogP contribution >= 0.6 is 0 Å². The smallest absolute Gasteiger partial charge is 0.251 e. The van der Waals surface area contributed by atoms with Crippen LogP contribution in [0, 0.1) is 6.92 Å². The summed E-state index contributed by atoms with van der Waals surface area (Å²) in [6.07, 6.45) is 3.17. The number of hydrogen-bond acceptors (Lipinski definition) is 3. The molecule has 0 aromatic carbocycles. The fraction of sp³-hybridized carbons (Fsp3) is 0.250. The molecule has 2 heterocycles. The van der Waals surface area contributed by atoms with Gasteiger partial charge in [-0.3, -0.25) is 14.3 Å². The first kappa shape index (κ1) is 12.1. The van der Waals surface area contributed by atoms with Crippen molar-refractivity contribution >= 4 is 5.91 Å². The maximum absolute atomic E-state index is 11.8. The summed E-state index contributed by atoms with van der Waals surface area (Å²) in [6, 6.07) is 2.83. The molecule has 2 N–H and O–H groups in total. The van der Waals surface area contributed by atoms with Crippen molar-refractivity contribution in [1.29, 1.82) is 0 Å². The molecule has 18 heavy (non-hydrogen) atoms. The van der Waals surface area contributed by atoms with Crippen LogP contribution in [0.4, 0.5) is 0 Å². The zero-order valence-corrected chi connectivity index (χ0v) is 10.2. The number of pyridine rings is 1. The number of nitrogens with zero attached hydrogens (tertiary/aromatic N) is 2. The fourth-order valence-corrected chi connectivity index (χ4v) is 1.58. The van der Waals surface area contributed by atoms with Gasteiger partial charge in [0.05, 0.1) is 6.20 Å². The maximum Gasteiger partial charge on any atom is 0.251 e. The van der Waals surface area contributed by atoms with Gasteiger partial charge in [0.2, 0.25) is 5.56 Å². The Bertz CT molecular complexity index is 627. The monoisotopic (exact) mass is 246 g/mol. The van der Waals surface area contributed by atoms with Gasteiger partial charge in [-0.05, 0) is 13.0 Å². The van der Waals surface area contributed by atoms with E-state index in [2.05, 4.69) is 15.4 Å². The zero-order valence-electron chi connectivity index (χ0n) is 10.2. The molecule has 0 atom stereocenters. The lowest BCUT2D eigenvalue weighted by Gasteiger charge is -2.04. The molecule has 0 aliphatic carbocycles. The van der Waals surface area contributed by atoms with E-state index in [1.807, 2.05) is 14.0 Å². The third-order valence-corrected chi connectivity index (χ3v) is 2.81. The predicted molar refractivity (Wildman–Crippen MR) is 66.2 cm³/mol. The van der Waals surface area contributed by atoms with Crippen LogP contribution in [0.5, 0.6) is 0 Å². The number of amides is 1. The third kappa shape index (κ3) is 2.48. The molecule has 2 aromatic rings. The molecule has 94 valence electrons. The first-order chi connectivity index (χ1) is 8.58. The molecule has 0 bridgehead atoms. The molecule has 0 saturated heterocycles. The minimum absolute atomic E-state index is 0.274. The number of H-pyrrole nitrogens is 1. The van der Waals surface area contributed by atoms with E-state index in [1.54, 1.807) is 16.9 Å². The molecule has 2 aromatic heterocycles. The van der Waals surface area contributed by atoms with Gasteiger partial charge in [-0.25, -0.2) is 0 Å². The second-order valence-corrected chi connectivity index (χ2v) is 4.00. The van der Waals surface area contributed by atoms with Crippen LogP contribution in [-0.4, -0.2) is 20.7 Å². The van der Waals surface area contributed by atoms with Gasteiger partial charge in [0.25, 0.3) is 5.91 Å². The molecule has 2 rings (SSSR count). The number of hydrogen-bond donors (Lipinski definition) is 2. The summed E-state index contributed by atoms with van der Waals surface area (Å²) >= 11 is 0. The number of rotatable bonds is 3. The SMILES string of the molecule is Cc1c(CNC(=O)c2cc[nH]c(=O)c2)cnn1C. The highest BCUT2D eigenvalue weighted by Gasteiger charge is 2.08. The largest absolute Gasteiger partial charge is 0.348 e. The van der Waals surface area contributed by atoms with Crippen LogP contribution in [0.1, 0.15) is 21.6 Å². The van der Waals surface area contributed by atoms with Crippen LogP contribution in [0.25, 0.3) is 0 Å². The minimum Gasteiger partial charge on any atom is -0.348 e. The predicted octanol–water partition coefficient (Wildman–Crippen LogP) is 0.347. The molecule has 0 fully saturated rings. The van der Waals surface area contributed by atoms with Crippen molar-refractivity contribution in [3.63, 3.8) is 0 Å². The van der Waals surface area contributed by atoms with Gasteiger partial charge in [-0.15, -0.1) is 0 Å². The second-order valence-electron chi connectivity index (χ2n) is 4.00. The Morgan fingerprint density at radius 1 is 1.56 bits per heavy atom. The van der Waals surface area contributed by atoms with Gasteiger partial charge < -0.3 is 10.3 Å². The van der Waals surface area contributed by atoms with Crippen LogP contribution in [-0.2, 0) is 13.6 Å². The Hall–Kier alpha value is -2.37. The molecule has 0 aliphatic heterocycles. The highest BCUT2D eigenvalue weighted by Crippen LogP contribution is 2.05. The Balaban J connectivity index is 2.05. The number of aryl methyl sites for hydroxylation is 1. The lowest BCUT2D eigenvalue weighted by Crippen LogP contribution is -2.24. The van der Waals surface area contributed by atoms with Crippen molar-refractivity contribution in [1.82, 2.24) is 20.1 Å². The second kappa shape index (κ2) is 4.87. The number of carbonyl (C=O) groups excluding carboxylic acids is 1. The molecule has 1 amide bonds. The Morgan fingerprint density at radius 3 is 2.94 bits per heavy atom. The van der Waals surface area contributed by atoms with E-state index >= 15 is 0 Å². The quantitative estimate of drug-likeness (QED) is 0.820. The molecule has 0 radical (unpaired) electrons. The average molecular weight is 246 g/mol. The van der Waals surface area contributed by atoms with E-state index in [4.69, 9.17) is 0 Å². The van der Waals surface area contributed by atoms with E-state index in [1.165, 1.54) is 12.3 Å². The molecular weight excluding hydrogens is 232 g/mol. The molecule has 0 unspecified atom stereocenters. The van der Waals surface area contributed by atoms with E-state index in [0.29, 0.717) is 12.1 Å². The van der Waals surface area contributed by atoms with Crippen LogP contribution < -0.4 is 10.9 Å². The lowest BCUT2D eigenvalue weighted by atomic mass is 10.2. The molecule has 0 spiro atoms. The summed E-state index contributed by atoms with van der Waals surface area (Å²) in [5.74, 6) is -0.274. The number of nitrogens with one attached hydrogen (secondary N) is 2. The average Bonchev–Trinajstić information content (AvgIpc) is 2.67. The highest BCUT2D eigenvalue weighted by atomic mass is 16.2. The van der Waals surface area contributed by atoms with E-state index in [-0.39, 0.29) is 11.5 Å². The molecule has 0 saturated carbocycles. The van der Waals surface area contributed by atoms with E-state index < -0.39 is 0 Å². The van der Waals surface area contributed by atoms with Gasteiger partial charge in [0, 0.05) is 42.7 Å². The Labute approximate surface area is 104 Å². The van der Waals surface area contributed by atoms with Crippen LogP contribution in [0.3, 0.4) is 0 Å². The van der Waals surface area contributed by atoms with Crippen molar-refractivity contribution in [3.8, 4) is 0 Å². The van der Waals surface area contributed by atoms with Gasteiger partial charge in [0.15, 0.2) is 0 Å². The van der Waals surface area contributed by atoms with Crippen LogP contribution in [0.15, 0.2) is 29.3 Å². The van der Waals surface area contributed by atoms with Gasteiger partial charge in [-0.1, -0.05) is 0 Å². The van der Waals surface area contributed by atoms with Crippen LogP contribution in [0.2, 0.25) is 0 Å². The normalized spacial score (nSPS) is 10.3. The zero-order chi connectivity index (χ0) is 13.1. The van der Waals surface area contributed by atoms with Crippen molar-refractivity contribution < 1.29 is 4.79 Å². The topological polar surface area (TPSA) is 79.8 Å². The summed E-state index contributed by atoms with van der Waals surface area (Å²) in [5.41, 5.74) is 2.01. The highest BCUT2D eigenvalue weighted by molar-refractivity contribution is 5.93. The van der Waals surface area contributed by atoms with Crippen molar-refractivity contribution in [2.45, 2.75) is 13.5 Å². The standard InChI is InChI=1S/C12H14N4O2/c1-8-10(7-15-16(8)2)6-14-12(18)9-3-4-13-11(17)5-9/h3-5,7H,6H2,1-2H3,(H,13,17)(H,14,18). The minimum atomic E-state index is -0.291. The summed E-state index contributed by atoms with van der Waals surface area (Å²) < 4.78 is 1.74. The van der Waals surface area contributed by atoms with Crippen molar-refractivity contribution in [2.24, 2.45) is 7.05 Å². The lowest BCUT2D eigenvalue weighted by molar-refractivity contribution is 0.0950. The van der Waals surface area contributed by atoms with Crippen molar-refractivity contribution in [3.05, 3.63) is 51.7 Å². The molecule has 6 heteroatoms. The third-order valence-electron chi connectivity index (χ3n) is 2.81. The fourth-order valence-electron chi connectivity index (χ4n) is 1.58. The number of carbonyl (C=O) groups is 1. The summed E-state index contributed by atoms with van der Waals surface area (Å²) in [6.45, 7) is 2.33. The van der Waals surface area contributed by atoms with Crippen molar-refractivity contribution in [2.75, 3.05) is 0 Å². The maximum atomic E-state index is 11.8. The summed E-state index contributed by atoms with van der Waals surface area (Å²) in [5, 5.41) is 6.84. The first-order valence-corrected chi connectivity index (χ1v) is 5.52. The first-order valence-electron chi connectivity index (χ1n) is 5.52. The van der Waals surface area contributed by atoms with E-state index in [0.717, 1.165) is 11.3 Å². The summed E-state index contributed by atoms with van der Waals surface area (Å²) in [7, 11) is 1.84. The van der Waals surface area contributed by atoms with E-state index in [9.17, 15) is 9.59 Å². The molecule has 0 aliphatic rings. The molecule has 6 nitrogen and oxygen atoms in total. The number of aromatic nitrogens is 3. The Kier molecular flexibility index (Phi) is 3.27. The Morgan fingerprint density at radius 2 is 2.33 bits per heavy atom. The van der Waals surface area contributed by atoms with Gasteiger partial charge >= 0.3 is 0 Å².